The molecule has 1 aliphatic heterocycles. The van der Waals surface area contributed by atoms with Gasteiger partial charge in [-0.25, -0.2) is 0 Å². The molecule has 1 unspecified atom stereocenters. The van der Waals surface area contributed by atoms with Gasteiger partial charge in [0.15, 0.2) is 0 Å². The van der Waals surface area contributed by atoms with Gasteiger partial charge in [0, 0.05) is 11.1 Å². The average Bonchev–Trinajstić information content (AvgIpc) is 3.13. The van der Waals surface area contributed by atoms with Crippen LogP contribution in [0, 0.1) is 5.92 Å². The lowest BCUT2D eigenvalue weighted by molar-refractivity contribution is 0.289. The fourth-order valence-electron chi connectivity index (χ4n) is 4.22. The summed E-state index contributed by atoms with van der Waals surface area (Å²) in [7, 11) is 0. The highest BCUT2D eigenvalue weighted by Crippen LogP contribution is 2.36. The van der Waals surface area contributed by atoms with Crippen molar-refractivity contribution in [3.05, 3.63) is 46.6 Å². The third-order valence-corrected chi connectivity index (χ3v) is 6.13. The monoisotopic (exact) mass is 340 g/mol. The minimum atomic E-state index is 0.752. The van der Waals surface area contributed by atoms with Gasteiger partial charge in [0.25, 0.3) is 0 Å². The van der Waals surface area contributed by atoms with E-state index in [2.05, 4.69) is 29.7 Å². The summed E-state index contributed by atoms with van der Waals surface area (Å²) in [4.78, 5) is 7.59. The molecule has 0 N–H and O–H groups in total. The smallest absolute Gasteiger partial charge is 0.0726 e. The highest BCUT2D eigenvalue weighted by molar-refractivity contribution is 6.36. The fourth-order valence-corrected chi connectivity index (χ4v) is 4.58. The molecule has 3 heteroatoms. The summed E-state index contributed by atoms with van der Waals surface area (Å²) < 4.78 is 0. The number of pyridine rings is 1. The Hall–Kier alpha value is -1.38. The molecule has 2 aliphatic rings. The first-order valence-corrected chi connectivity index (χ1v) is 9.58. The van der Waals surface area contributed by atoms with E-state index in [1.54, 1.807) is 0 Å². The van der Waals surface area contributed by atoms with Gasteiger partial charge < -0.3 is 4.90 Å². The third-order valence-electron chi connectivity index (χ3n) is 5.70. The first kappa shape index (κ1) is 16.1. The lowest BCUT2D eigenvalue weighted by Gasteiger charge is -2.27. The maximum Gasteiger partial charge on any atom is 0.0726 e. The van der Waals surface area contributed by atoms with Crippen LogP contribution in [0.5, 0.6) is 0 Å². The number of benzene rings is 1. The zero-order valence-electron chi connectivity index (χ0n) is 14.2. The molecular weight excluding hydrogens is 316 g/mol. The molecule has 24 heavy (non-hydrogen) atoms. The van der Waals surface area contributed by atoms with Crippen LogP contribution in [0.4, 0.5) is 0 Å². The minimum absolute atomic E-state index is 0.752. The van der Waals surface area contributed by atoms with Crippen LogP contribution in [0.25, 0.3) is 17.0 Å². The Kier molecular flexibility index (Phi) is 4.60. The fraction of sp³-hybridized carbons (Fsp3) is 0.476. The largest absolute Gasteiger partial charge is 0.303 e. The second-order valence-electron chi connectivity index (χ2n) is 7.28. The lowest BCUT2D eigenvalue weighted by Crippen LogP contribution is -2.25. The lowest BCUT2D eigenvalue weighted by atomic mass is 9.84. The predicted octanol–water partition coefficient (Wildman–Crippen LogP) is 5.12. The summed E-state index contributed by atoms with van der Waals surface area (Å²) in [5.41, 5.74) is 4.63. The normalized spacial score (nSPS) is 21.1. The van der Waals surface area contributed by atoms with Gasteiger partial charge in [0.05, 0.1) is 10.5 Å². The molecule has 1 saturated heterocycles. The van der Waals surface area contributed by atoms with Crippen LogP contribution in [0.2, 0.25) is 5.02 Å². The van der Waals surface area contributed by atoms with E-state index >= 15 is 0 Å². The number of hydrogen-bond acceptors (Lipinski definition) is 2. The van der Waals surface area contributed by atoms with E-state index in [1.165, 1.54) is 56.6 Å². The van der Waals surface area contributed by atoms with E-state index in [0.29, 0.717) is 0 Å². The summed E-state index contributed by atoms with van der Waals surface area (Å²) in [6, 6.07) is 6.25. The van der Waals surface area contributed by atoms with Crippen LogP contribution in [-0.2, 0) is 12.8 Å². The second kappa shape index (κ2) is 6.85. The molecule has 4 rings (SSSR count). The Morgan fingerprint density at radius 1 is 1.29 bits per heavy atom. The van der Waals surface area contributed by atoms with E-state index < -0.39 is 0 Å². The molecule has 1 aromatic carbocycles. The summed E-state index contributed by atoms with van der Waals surface area (Å²) in [6.07, 6.45) is 9.32. The molecule has 126 valence electrons. The van der Waals surface area contributed by atoms with Crippen molar-refractivity contribution in [1.82, 2.24) is 9.88 Å². The SMILES string of the molecule is C=Cc1ccc2c(Cl)c3c(nc2c1)CC(CCN1CCCC1)CC3. The van der Waals surface area contributed by atoms with E-state index in [9.17, 15) is 0 Å². The first-order valence-electron chi connectivity index (χ1n) is 9.20. The molecule has 0 radical (unpaired) electrons. The van der Waals surface area contributed by atoms with Gasteiger partial charge in [-0.05, 0) is 81.3 Å². The standard InChI is InChI=1S/C21H25ClN2/c1-2-15-5-7-17-19(13-15)23-20-14-16(6-8-18(20)21(17)22)9-12-24-10-3-4-11-24/h2,5,7,13,16H,1,3-4,6,8-12,14H2. The van der Waals surface area contributed by atoms with Gasteiger partial charge in [0.2, 0.25) is 0 Å². The molecule has 1 aromatic heterocycles. The molecule has 1 fully saturated rings. The van der Waals surface area contributed by atoms with Gasteiger partial charge in [-0.2, -0.15) is 0 Å². The molecule has 0 saturated carbocycles. The van der Waals surface area contributed by atoms with E-state index in [-0.39, 0.29) is 0 Å². The Labute approximate surface area is 149 Å². The van der Waals surface area contributed by atoms with Gasteiger partial charge in [-0.15, -0.1) is 0 Å². The van der Waals surface area contributed by atoms with Crippen LogP contribution in [0.1, 0.15) is 42.5 Å². The molecule has 0 amide bonds. The highest BCUT2D eigenvalue weighted by Gasteiger charge is 2.24. The third kappa shape index (κ3) is 3.10. The molecule has 0 bridgehead atoms. The summed E-state index contributed by atoms with van der Waals surface area (Å²) in [5.74, 6) is 0.752. The Balaban J connectivity index is 1.56. The Bertz CT molecular complexity index is 762. The van der Waals surface area contributed by atoms with E-state index in [0.717, 1.165) is 40.2 Å². The second-order valence-corrected chi connectivity index (χ2v) is 7.66. The molecular formula is C21H25ClN2. The zero-order chi connectivity index (χ0) is 16.5. The van der Waals surface area contributed by atoms with E-state index in [4.69, 9.17) is 16.6 Å². The molecule has 1 atom stereocenters. The van der Waals surface area contributed by atoms with Gasteiger partial charge in [-0.1, -0.05) is 36.4 Å². The van der Waals surface area contributed by atoms with Crippen molar-refractivity contribution in [2.75, 3.05) is 19.6 Å². The Morgan fingerprint density at radius 3 is 2.92 bits per heavy atom. The number of likely N-dealkylation sites (tertiary alicyclic amines) is 1. The average molecular weight is 341 g/mol. The number of nitrogens with zero attached hydrogens (tertiary/aromatic N) is 2. The van der Waals surface area contributed by atoms with Gasteiger partial charge >= 0.3 is 0 Å². The summed E-state index contributed by atoms with van der Waals surface area (Å²) in [6.45, 7) is 7.70. The number of hydrogen-bond donors (Lipinski definition) is 0. The van der Waals surface area contributed by atoms with Gasteiger partial charge in [-0.3, -0.25) is 4.98 Å². The van der Waals surface area contributed by atoms with Crippen LogP contribution < -0.4 is 0 Å². The molecule has 2 aromatic rings. The van der Waals surface area contributed by atoms with Crippen molar-refractivity contribution < 1.29 is 0 Å². The Morgan fingerprint density at radius 2 is 2.12 bits per heavy atom. The first-order chi connectivity index (χ1) is 11.7. The number of fused-ring (bicyclic) bond motifs is 2. The quantitative estimate of drug-likeness (QED) is 0.767. The number of halogens is 1. The van der Waals surface area contributed by atoms with E-state index in [1.807, 2.05) is 6.08 Å². The topological polar surface area (TPSA) is 16.1 Å². The summed E-state index contributed by atoms with van der Waals surface area (Å²) >= 11 is 6.71. The number of rotatable bonds is 4. The van der Waals surface area contributed by atoms with Crippen molar-refractivity contribution >= 4 is 28.6 Å². The molecule has 0 spiro atoms. The van der Waals surface area contributed by atoms with Crippen LogP contribution in [-0.4, -0.2) is 29.5 Å². The number of aromatic nitrogens is 1. The van der Waals surface area contributed by atoms with Crippen molar-refractivity contribution in [2.24, 2.45) is 5.92 Å². The van der Waals surface area contributed by atoms with Crippen molar-refractivity contribution in [3.8, 4) is 0 Å². The van der Waals surface area contributed by atoms with Crippen LogP contribution in [0.15, 0.2) is 24.8 Å². The molecule has 1 aliphatic carbocycles. The van der Waals surface area contributed by atoms with Crippen molar-refractivity contribution in [2.45, 2.75) is 38.5 Å². The summed E-state index contributed by atoms with van der Waals surface area (Å²) in [5, 5.41) is 2.00. The minimum Gasteiger partial charge on any atom is -0.303 e. The van der Waals surface area contributed by atoms with Crippen LogP contribution in [0.3, 0.4) is 0 Å². The van der Waals surface area contributed by atoms with Crippen LogP contribution >= 0.6 is 11.6 Å². The molecule has 2 heterocycles. The zero-order valence-corrected chi connectivity index (χ0v) is 15.0. The van der Waals surface area contributed by atoms with Crippen molar-refractivity contribution in [3.63, 3.8) is 0 Å². The maximum atomic E-state index is 6.71. The predicted molar refractivity (Wildman–Crippen MR) is 103 cm³/mol. The molecule has 2 nitrogen and oxygen atoms in total. The maximum absolute atomic E-state index is 6.71. The highest BCUT2D eigenvalue weighted by atomic mass is 35.5. The van der Waals surface area contributed by atoms with Gasteiger partial charge in [0.1, 0.15) is 0 Å². The van der Waals surface area contributed by atoms with Crippen molar-refractivity contribution in [1.29, 1.82) is 0 Å².